The maximum Gasteiger partial charge on any atom is 0.225 e. The van der Waals surface area contributed by atoms with Gasteiger partial charge in [0.15, 0.2) is 0 Å². The number of aryl methyl sites for hydroxylation is 1. The molecule has 1 amide bonds. The molecule has 2 heterocycles. The monoisotopic (exact) mass is 415 g/mol. The second-order valence-electron chi connectivity index (χ2n) is 8.66. The molecule has 2 aromatic rings. The molecule has 1 saturated heterocycles. The zero-order valence-electron chi connectivity index (χ0n) is 18.6. The molecule has 3 rings (SSSR count). The van der Waals surface area contributed by atoms with Crippen LogP contribution in [0.25, 0.3) is 0 Å². The minimum atomic E-state index is -0.207. The molecule has 164 valence electrons. The van der Waals surface area contributed by atoms with E-state index in [-0.39, 0.29) is 29.5 Å². The van der Waals surface area contributed by atoms with E-state index in [9.17, 15) is 9.18 Å². The number of hydrogen-bond acceptors (Lipinski definition) is 3. The number of likely N-dealkylation sites (tertiary alicyclic amines) is 1. The number of aromatic nitrogens is 1. The van der Waals surface area contributed by atoms with Crippen LogP contribution in [-0.2, 0) is 23.1 Å². The third kappa shape index (κ3) is 5.49. The first-order valence-electron chi connectivity index (χ1n) is 10.7. The Balaban J connectivity index is 1.81. The molecular weight excluding hydrogens is 381 g/mol. The van der Waals surface area contributed by atoms with Crippen LogP contribution >= 0.6 is 0 Å². The number of halogens is 1. The highest BCUT2D eigenvalue weighted by atomic mass is 19.1. The Labute approximate surface area is 179 Å². The van der Waals surface area contributed by atoms with Crippen LogP contribution in [0, 0.1) is 17.7 Å². The molecule has 0 unspecified atom stereocenters. The topological polar surface area (TPSA) is 37.7 Å². The van der Waals surface area contributed by atoms with Gasteiger partial charge in [0.05, 0.1) is 6.61 Å². The lowest BCUT2D eigenvalue weighted by atomic mass is 9.88. The summed E-state index contributed by atoms with van der Waals surface area (Å²) < 4.78 is 21.3. The van der Waals surface area contributed by atoms with Gasteiger partial charge in [-0.15, -0.1) is 0 Å². The normalized spacial score (nSPS) is 19.5. The standard InChI is InChI=1S/C24H34FN3O2/c1-18(2)24(29)28(11-12-30-4)15-20-14-27(16-22-9-6-10-26(22)3)17-23(20)19-7-5-8-21(25)13-19/h5-10,13,18,20,23H,11-12,14-17H2,1-4H3/t20-,23-/m0/s1. The summed E-state index contributed by atoms with van der Waals surface area (Å²) in [6.45, 7) is 8.20. The maximum absolute atomic E-state index is 14.0. The molecule has 30 heavy (non-hydrogen) atoms. The second kappa shape index (κ2) is 10.2. The lowest BCUT2D eigenvalue weighted by Gasteiger charge is -2.29. The zero-order valence-corrected chi connectivity index (χ0v) is 18.6. The lowest BCUT2D eigenvalue weighted by molar-refractivity contribution is -0.135. The number of carbonyl (C=O) groups excluding carboxylic acids is 1. The first-order valence-corrected chi connectivity index (χ1v) is 10.7. The third-order valence-electron chi connectivity index (χ3n) is 6.06. The summed E-state index contributed by atoms with van der Waals surface area (Å²) in [4.78, 5) is 17.2. The highest BCUT2D eigenvalue weighted by Gasteiger charge is 2.36. The van der Waals surface area contributed by atoms with Gasteiger partial charge in [-0.2, -0.15) is 0 Å². The predicted molar refractivity (Wildman–Crippen MR) is 117 cm³/mol. The number of hydrogen-bond donors (Lipinski definition) is 0. The van der Waals surface area contributed by atoms with Gasteiger partial charge in [-0.1, -0.05) is 26.0 Å². The fourth-order valence-electron chi connectivity index (χ4n) is 4.42. The van der Waals surface area contributed by atoms with Crippen LogP contribution in [0.1, 0.15) is 31.0 Å². The average Bonchev–Trinajstić information content (AvgIpc) is 3.30. The molecule has 0 bridgehead atoms. The van der Waals surface area contributed by atoms with Gasteiger partial charge in [0.1, 0.15) is 5.82 Å². The van der Waals surface area contributed by atoms with Gasteiger partial charge in [0.2, 0.25) is 5.91 Å². The lowest BCUT2D eigenvalue weighted by Crippen LogP contribution is -2.41. The summed E-state index contributed by atoms with van der Waals surface area (Å²) in [6, 6.07) is 11.1. The summed E-state index contributed by atoms with van der Waals surface area (Å²) in [5, 5.41) is 0. The molecule has 0 aliphatic carbocycles. The van der Waals surface area contributed by atoms with Crippen molar-refractivity contribution in [1.82, 2.24) is 14.4 Å². The molecule has 1 fully saturated rings. The maximum atomic E-state index is 14.0. The smallest absolute Gasteiger partial charge is 0.225 e. The van der Waals surface area contributed by atoms with Crippen LogP contribution in [0.4, 0.5) is 4.39 Å². The van der Waals surface area contributed by atoms with Gasteiger partial charge in [-0.05, 0) is 35.7 Å². The van der Waals surface area contributed by atoms with Crippen molar-refractivity contribution in [2.45, 2.75) is 26.3 Å². The summed E-state index contributed by atoms with van der Waals surface area (Å²) in [5.74, 6) is 0.306. The van der Waals surface area contributed by atoms with Gasteiger partial charge >= 0.3 is 0 Å². The van der Waals surface area contributed by atoms with Crippen molar-refractivity contribution in [3.63, 3.8) is 0 Å². The molecule has 0 N–H and O–H groups in total. The highest BCUT2D eigenvalue weighted by Crippen LogP contribution is 2.34. The second-order valence-corrected chi connectivity index (χ2v) is 8.66. The van der Waals surface area contributed by atoms with E-state index >= 15 is 0 Å². The molecule has 1 aromatic heterocycles. The summed E-state index contributed by atoms with van der Waals surface area (Å²) in [6.07, 6.45) is 2.06. The number of nitrogens with zero attached hydrogens (tertiary/aromatic N) is 3. The van der Waals surface area contributed by atoms with Crippen LogP contribution in [0.3, 0.4) is 0 Å². The summed E-state index contributed by atoms with van der Waals surface area (Å²) in [5.41, 5.74) is 2.27. The quantitative estimate of drug-likeness (QED) is 0.629. The molecule has 2 atom stereocenters. The number of methoxy groups -OCH3 is 1. The molecule has 0 radical (unpaired) electrons. The Hall–Kier alpha value is -2.18. The largest absolute Gasteiger partial charge is 0.383 e. The SMILES string of the molecule is COCCN(C[C@@H]1CN(Cc2cccn2C)C[C@H]1c1cccc(F)c1)C(=O)C(C)C. The van der Waals surface area contributed by atoms with Crippen molar-refractivity contribution >= 4 is 5.91 Å². The van der Waals surface area contributed by atoms with E-state index < -0.39 is 0 Å². The van der Waals surface area contributed by atoms with Crippen LogP contribution in [-0.4, -0.2) is 60.2 Å². The van der Waals surface area contributed by atoms with Crippen molar-refractivity contribution in [1.29, 1.82) is 0 Å². The number of amides is 1. The van der Waals surface area contributed by atoms with Crippen LogP contribution in [0.5, 0.6) is 0 Å². The Morgan fingerprint density at radius 2 is 2.07 bits per heavy atom. The van der Waals surface area contributed by atoms with Crippen molar-refractivity contribution in [3.05, 3.63) is 59.7 Å². The van der Waals surface area contributed by atoms with Crippen LogP contribution in [0.2, 0.25) is 0 Å². The van der Waals surface area contributed by atoms with E-state index in [0.29, 0.717) is 19.7 Å². The Morgan fingerprint density at radius 3 is 2.70 bits per heavy atom. The van der Waals surface area contributed by atoms with Gasteiger partial charge in [0, 0.05) is 70.6 Å². The Bertz CT molecular complexity index is 835. The minimum Gasteiger partial charge on any atom is -0.383 e. The van der Waals surface area contributed by atoms with Gasteiger partial charge < -0.3 is 14.2 Å². The van der Waals surface area contributed by atoms with Crippen molar-refractivity contribution in [2.75, 3.05) is 39.9 Å². The molecular formula is C24H34FN3O2. The van der Waals surface area contributed by atoms with Crippen molar-refractivity contribution < 1.29 is 13.9 Å². The van der Waals surface area contributed by atoms with Gasteiger partial charge in [-0.3, -0.25) is 9.69 Å². The highest BCUT2D eigenvalue weighted by molar-refractivity contribution is 5.78. The number of carbonyl (C=O) groups is 1. The van der Waals surface area contributed by atoms with Gasteiger partial charge in [-0.25, -0.2) is 4.39 Å². The predicted octanol–water partition coefficient (Wildman–Crippen LogP) is 3.51. The fourth-order valence-corrected chi connectivity index (χ4v) is 4.42. The van der Waals surface area contributed by atoms with Crippen LogP contribution in [0.15, 0.2) is 42.6 Å². The van der Waals surface area contributed by atoms with E-state index in [1.54, 1.807) is 19.2 Å². The zero-order chi connectivity index (χ0) is 21.7. The van der Waals surface area contributed by atoms with Gasteiger partial charge in [0.25, 0.3) is 0 Å². The number of benzene rings is 1. The summed E-state index contributed by atoms with van der Waals surface area (Å²) in [7, 11) is 3.71. The van der Waals surface area contributed by atoms with Crippen molar-refractivity contribution in [2.24, 2.45) is 18.9 Å². The first kappa shape index (κ1) is 22.5. The average molecular weight is 416 g/mol. The molecule has 0 spiro atoms. The molecule has 0 saturated carbocycles. The third-order valence-corrected chi connectivity index (χ3v) is 6.06. The molecule has 1 aliphatic heterocycles. The molecule has 6 heteroatoms. The van der Waals surface area contributed by atoms with E-state index in [4.69, 9.17) is 4.74 Å². The number of rotatable bonds is 9. The van der Waals surface area contributed by atoms with E-state index in [1.807, 2.05) is 24.8 Å². The summed E-state index contributed by atoms with van der Waals surface area (Å²) >= 11 is 0. The first-order chi connectivity index (χ1) is 14.4. The van der Waals surface area contributed by atoms with Crippen molar-refractivity contribution in [3.8, 4) is 0 Å². The van der Waals surface area contributed by atoms with Crippen LogP contribution < -0.4 is 0 Å². The van der Waals surface area contributed by atoms with E-state index in [1.165, 1.54) is 11.8 Å². The number of ether oxygens (including phenoxy) is 1. The van der Waals surface area contributed by atoms with E-state index in [2.05, 4.69) is 34.8 Å². The Kier molecular flexibility index (Phi) is 7.67. The van der Waals surface area contributed by atoms with E-state index in [0.717, 1.165) is 25.2 Å². The minimum absolute atomic E-state index is 0.0599. The molecule has 1 aromatic carbocycles. The molecule has 5 nitrogen and oxygen atoms in total. The Morgan fingerprint density at radius 1 is 1.27 bits per heavy atom. The fraction of sp³-hybridized carbons (Fsp3) is 0.542. The molecule has 1 aliphatic rings.